The second-order valence-corrected chi connectivity index (χ2v) is 4.07. The van der Waals surface area contributed by atoms with E-state index in [1.165, 1.54) is 4.90 Å². The van der Waals surface area contributed by atoms with E-state index in [0.717, 1.165) is 0 Å². The lowest BCUT2D eigenvalue weighted by molar-refractivity contribution is -0.146. The molecule has 96 valence electrons. The SMILES string of the molecule is CCOc1ccccc1C(=O)N1CCC1C(=O)O. The first-order valence-electron chi connectivity index (χ1n) is 5.90. The number of carboxylic acids is 1. The van der Waals surface area contributed by atoms with Crippen LogP contribution in [0, 0.1) is 0 Å². The van der Waals surface area contributed by atoms with E-state index in [1.54, 1.807) is 24.3 Å². The van der Waals surface area contributed by atoms with Crippen molar-refractivity contribution in [1.82, 2.24) is 4.90 Å². The number of amides is 1. The van der Waals surface area contributed by atoms with Crippen LogP contribution >= 0.6 is 0 Å². The van der Waals surface area contributed by atoms with Gasteiger partial charge in [0.2, 0.25) is 0 Å². The van der Waals surface area contributed by atoms with Crippen molar-refractivity contribution in [3.8, 4) is 5.75 Å². The molecule has 1 aromatic rings. The summed E-state index contributed by atoms with van der Waals surface area (Å²) in [7, 11) is 0. The first-order valence-corrected chi connectivity index (χ1v) is 5.90. The summed E-state index contributed by atoms with van der Waals surface area (Å²) in [5, 5.41) is 8.95. The van der Waals surface area contributed by atoms with Crippen molar-refractivity contribution in [1.29, 1.82) is 0 Å². The van der Waals surface area contributed by atoms with Gasteiger partial charge in [0.1, 0.15) is 11.8 Å². The van der Waals surface area contributed by atoms with Crippen molar-refractivity contribution < 1.29 is 19.4 Å². The summed E-state index contributed by atoms with van der Waals surface area (Å²) in [4.78, 5) is 24.5. The third-order valence-corrected chi connectivity index (χ3v) is 2.98. The Morgan fingerprint density at radius 1 is 1.44 bits per heavy atom. The molecular formula is C13H15NO4. The Morgan fingerprint density at radius 3 is 2.72 bits per heavy atom. The van der Waals surface area contributed by atoms with E-state index in [4.69, 9.17) is 9.84 Å². The maximum atomic E-state index is 12.2. The number of carbonyl (C=O) groups is 2. The van der Waals surface area contributed by atoms with Crippen LogP contribution in [0.3, 0.4) is 0 Å². The molecule has 1 amide bonds. The molecule has 1 saturated heterocycles. The van der Waals surface area contributed by atoms with Crippen LogP contribution in [-0.2, 0) is 4.79 Å². The number of carbonyl (C=O) groups excluding carboxylic acids is 1. The van der Waals surface area contributed by atoms with Crippen molar-refractivity contribution in [2.45, 2.75) is 19.4 Å². The average molecular weight is 249 g/mol. The molecule has 18 heavy (non-hydrogen) atoms. The van der Waals surface area contributed by atoms with Crippen molar-refractivity contribution >= 4 is 11.9 Å². The van der Waals surface area contributed by atoms with E-state index in [-0.39, 0.29) is 5.91 Å². The smallest absolute Gasteiger partial charge is 0.326 e. The standard InChI is InChI=1S/C13H15NO4/c1-2-18-11-6-4-3-5-9(11)12(15)14-8-7-10(14)13(16)17/h3-6,10H,2,7-8H2,1H3,(H,16,17). The zero-order valence-electron chi connectivity index (χ0n) is 10.1. The molecule has 2 rings (SSSR count). The molecule has 1 atom stereocenters. The quantitative estimate of drug-likeness (QED) is 0.875. The fraction of sp³-hybridized carbons (Fsp3) is 0.385. The topological polar surface area (TPSA) is 66.8 Å². The van der Waals surface area contributed by atoms with Gasteiger partial charge < -0.3 is 14.7 Å². The predicted octanol–water partition coefficient (Wildman–Crippen LogP) is 1.38. The zero-order chi connectivity index (χ0) is 13.1. The van der Waals surface area contributed by atoms with E-state index in [1.807, 2.05) is 6.92 Å². The van der Waals surface area contributed by atoms with Crippen LogP contribution in [0.5, 0.6) is 5.75 Å². The summed E-state index contributed by atoms with van der Waals surface area (Å²) >= 11 is 0. The van der Waals surface area contributed by atoms with Crippen LogP contribution in [0.2, 0.25) is 0 Å². The Balaban J connectivity index is 2.21. The Labute approximate surface area is 105 Å². The summed E-state index contributed by atoms with van der Waals surface area (Å²) in [6.45, 7) is 2.79. The summed E-state index contributed by atoms with van der Waals surface area (Å²) in [5.74, 6) is -0.734. The molecule has 1 unspecified atom stereocenters. The summed E-state index contributed by atoms with van der Waals surface area (Å²) in [6.07, 6.45) is 0.512. The van der Waals surface area contributed by atoms with Crippen molar-refractivity contribution in [3.63, 3.8) is 0 Å². The molecule has 5 nitrogen and oxygen atoms in total. The largest absolute Gasteiger partial charge is 0.493 e. The monoisotopic (exact) mass is 249 g/mol. The van der Waals surface area contributed by atoms with Gasteiger partial charge in [-0.15, -0.1) is 0 Å². The minimum atomic E-state index is -0.955. The number of ether oxygens (including phenoxy) is 1. The third-order valence-electron chi connectivity index (χ3n) is 2.98. The van der Waals surface area contributed by atoms with Gasteiger partial charge in [0.15, 0.2) is 0 Å². The number of rotatable bonds is 4. The summed E-state index contributed by atoms with van der Waals surface area (Å²) < 4.78 is 5.38. The fourth-order valence-electron chi connectivity index (χ4n) is 1.97. The molecule has 1 aliphatic rings. The second-order valence-electron chi connectivity index (χ2n) is 4.07. The number of nitrogens with zero attached hydrogens (tertiary/aromatic N) is 1. The molecule has 0 aromatic heterocycles. The Hall–Kier alpha value is -2.04. The molecule has 1 aromatic carbocycles. The van der Waals surface area contributed by atoms with E-state index in [0.29, 0.717) is 30.9 Å². The number of aliphatic carboxylic acids is 1. The van der Waals surface area contributed by atoms with Crippen molar-refractivity contribution in [2.24, 2.45) is 0 Å². The van der Waals surface area contributed by atoms with Gasteiger partial charge in [-0.2, -0.15) is 0 Å². The number of para-hydroxylation sites is 1. The molecular weight excluding hydrogens is 234 g/mol. The number of hydrogen-bond acceptors (Lipinski definition) is 3. The number of benzene rings is 1. The number of hydrogen-bond donors (Lipinski definition) is 1. The van der Waals surface area contributed by atoms with Gasteiger partial charge in [-0.05, 0) is 25.5 Å². The van der Waals surface area contributed by atoms with Crippen LogP contribution in [0.1, 0.15) is 23.7 Å². The van der Waals surface area contributed by atoms with Gasteiger partial charge in [0.05, 0.1) is 12.2 Å². The molecule has 1 fully saturated rings. The van der Waals surface area contributed by atoms with E-state index in [9.17, 15) is 9.59 Å². The highest BCUT2D eigenvalue weighted by Crippen LogP contribution is 2.25. The second kappa shape index (κ2) is 5.08. The molecule has 0 aliphatic carbocycles. The molecule has 0 bridgehead atoms. The van der Waals surface area contributed by atoms with Crippen LogP contribution in [0.25, 0.3) is 0 Å². The first kappa shape index (κ1) is 12.4. The van der Waals surface area contributed by atoms with Gasteiger partial charge in [-0.3, -0.25) is 4.79 Å². The third kappa shape index (κ3) is 2.16. The molecule has 1 heterocycles. The van der Waals surface area contributed by atoms with Crippen LogP contribution in [0.4, 0.5) is 0 Å². The van der Waals surface area contributed by atoms with Crippen LogP contribution < -0.4 is 4.74 Å². The minimum Gasteiger partial charge on any atom is -0.493 e. The average Bonchev–Trinajstić information content (AvgIpc) is 2.27. The van der Waals surface area contributed by atoms with Gasteiger partial charge in [-0.25, -0.2) is 4.79 Å². The predicted molar refractivity (Wildman–Crippen MR) is 64.7 cm³/mol. The Morgan fingerprint density at radius 2 is 2.17 bits per heavy atom. The summed E-state index contributed by atoms with van der Waals surface area (Å²) in [6, 6.07) is 6.20. The summed E-state index contributed by atoms with van der Waals surface area (Å²) in [5.41, 5.74) is 0.422. The highest BCUT2D eigenvalue weighted by Gasteiger charge is 2.38. The fourth-order valence-corrected chi connectivity index (χ4v) is 1.97. The molecule has 0 radical (unpaired) electrons. The molecule has 1 N–H and O–H groups in total. The first-order chi connectivity index (χ1) is 8.65. The van der Waals surface area contributed by atoms with Gasteiger partial charge in [0, 0.05) is 6.54 Å². The minimum absolute atomic E-state index is 0.280. The normalized spacial score (nSPS) is 18.1. The maximum absolute atomic E-state index is 12.2. The molecule has 0 spiro atoms. The van der Waals surface area contributed by atoms with Gasteiger partial charge in [-0.1, -0.05) is 12.1 Å². The van der Waals surface area contributed by atoms with Gasteiger partial charge >= 0.3 is 5.97 Å². The van der Waals surface area contributed by atoms with Crippen LogP contribution in [-0.4, -0.2) is 41.1 Å². The molecule has 0 saturated carbocycles. The van der Waals surface area contributed by atoms with E-state index < -0.39 is 12.0 Å². The Bertz CT molecular complexity index is 472. The lowest BCUT2D eigenvalue weighted by atomic mass is 10.0. The van der Waals surface area contributed by atoms with E-state index >= 15 is 0 Å². The Kier molecular flexibility index (Phi) is 3.50. The number of likely N-dealkylation sites (tertiary alicyclic amines) is 1. The highest BCUT2D eigenvalue weighted by molar-refractivity contribution is 5.99. The molecule has 1 aliphatic heterocycles. The number of carboxylic acid groups (broad SMARTS) is 1. The van der Waals surface area contributed by atoms with Gasteiger partial charge in [0.25, 0.3) is 5.91 Å². The van der Waals surface area contributed by atoms with Crippen molar-refractivity contribution in [2.75, 3.05) is 13.2 Å². The zero-order valence-corrected chi connectivity index (χ0v) is 10.1. The lowest BCUT2D eigenvalue weighted by Gasteiger charge is -2.38. The van der Waals surface area contributed by atoms with E-state index in [2.05, 4.69) is 0 Å². The van der Waals surface area contributed by atoms with Crippen molar-refractivity contribution in [3.05, 3.63) is 29.8 Å². The highest BCUT2D eigenvalue weighted by atomic mass is 16.5. The van der Waals surface area contributed by atoms with Crippen LogP contribution in [0.15, 0.2) is 24.3 Å². The molecule has 5 heteroatoms. The lowest BCUT2D eigenvalue weighted by Crippen LogP contribution is -2.55. The maximum Gasteiger partial charge on any atom is 0.326 e.